The van der Waals surface area contributed by atoms with Gasteiger partial charge in [0.25, 0.3) is 10.2 Å². The van der Waals surface area contributed by atoms with Gasteiger partial charge in [-0.15, -0.1) is 0 Å². The Kier molecular flexibility index (Phi) is 4.90. The first-order valence-corrected chi connectivity index (χ1v) is 9.68. The highest BCUT2D eigenvalue weighted by Gasteiger charge is 2.31. The van der Waals surface area contributed by atoms with Crippen molar-refractivity contribution in [3.05, 3.63) is 30.1 Å². The van der Waals surface area contributed by atoms with Gasteiger partial charge < -0.3 is 4.57 Å². The van der Waals surface area contributed by atoms with Crippen LogP contribution >= 0.6 is 0 Å². The molecule has 0 spiro atoms. The van der Waals surface area contributed by atoms with Crippen molar-refractivity contribution in [3.63, 3.8) is 0 Å². The maximum atomic E-state index is 12.4. The molecule has 1 unspecified atom stereocenters. The minimum atomic E-state index is -3.40. The lowest BCUT2D eigenvalue weighted by atomic mass is 9.96. The van der Waals surface area contributed by atoms with E-state index in [9.17, 15) is 8.42 Å². The van der Waals surface area contributed by atoms with Crippen molar-refractivity contribution in [3.8, 4) is 11.4 Å². The second-order valence-electron chi connectivity index (χ2n) is 6.57. The van der Waals surface area contributed by atoms with E-state index >= 15 is 0 Å². The lowest BCUT2D eigenvalue weighted by molar-refractivity contribution is 0.296. The van der Waals surface area contributed by atoms with Gasteiger partial charge in [0.15, 0.2) is 0 Å². The van der Waals surface area contributed by atoms with E-state index < -0.39 is 10.2 Å². The first kappa shape index (κ1) is 18.0. The number of imidazole rings is 1. The molecule has 25 heavy (non-hydrogen) atoms. The lowest BCUT2D eigenvalue weighted by Gasteiger charge is -2.33. The van der Waals surface area contributed by atoms with Gasteiger partial charge in [0.1, 0.15) is 11.5 Å². The van der Waals surface area contributed by atoms with Gasteiger partial charge in [0.05, 0.1) is 23.8 Å². The first-order chi connectivity index (χ1) is 11.8. The zero-order valence-electron chi connectivity index (χ0n) is 15.0. The summed E-state index contributed by atoms with van der Waals surface area (Å²) in [4.78, 5) is 13.4. The second kappa shape index (κ2) is 6.81. The Morgan fingerprint density at radius 2 is 2.00 bits per heavy atom. The van der Waals surface area contributed by atoms with Gasteiger partial charge >= 0.3 is 0 Å². The molecule has 136 valence electrons. The lowest BCUT2D eigenvalue weighted by Crippen LogP contribution is -2.45. The number of rotatable bonds is 4. The van der Waals surface area contributed by atoms with E-state index in [4.69, 9.17) is 4.98 Å². The number of hydrogen-bond acceptors (Lipinski definition) is 5. The summed E-state index contributed by atoms with van der Waals surface area (Å²) in [6.07, 6.45) is 6.96. The average Bonchev–Trinajstić information content (AvgIpc) is 2.94. The van der Waals surface area contributed by atoms with E-state index in [0.29, 0.717) is 13.1 Å². The molecule has 1 fully saturated rings. The fourth-order valence-corrected chi connectivity index (χ4v) is 4.26. The molecule has 1 saturated heterocycles. The standard InChI is InChI=1S/C16H24N6O2S/c1-12-18-10-16(21(12)4)15-9-17-8-14(19-15)13-6-5-7-22(11-13)25(23,24)20(2)3/h8-10,13H,5-7,11H2,1-4H3. The fourth-order valence-electron chi connectivity index (χ4n) is 3.07. The van der Waals surface area contributed by atoms with Crippen LogP contribution in [0.25, 0.3) is 11.4 Å². The molecule has 0 bridgehead atoms. The van der Waals surface area contributed by atoms with E-state index in [-0.39, 0.29) is 5.92 Å². The number of piperidine rings is 1. The van der Waals surface area contributed by atoms with E-state index in [1.165, 1.54) is 8.61 Å². The predicted octanol–water partition coefficient (Wildman–Crippen LogP) is 1.17. The molecule has 3 heterocycles. The van der Waals surface area contributed by atoms with Crippen molar-refractivity contribution >= 4 is 10.2 Å². The van der Waals surface area contributed by atoms with E-state index in [1.54, 1.807) is 32.7 Å². The third kappa shape index (κ3) is 3.44. The predicted molar refractivity (Wildman–Crippen MR) is 95.1 cm³/mol. The SMILES string of the molecule is Cc1ncc(-c2cncc(C3CCCN(S(=O)(=O)N(C)C)C3)n2)n1C. The minimum absolute atomic E-state index is 0.0465. The van der Waals surface area contributed by atoms with Crippen LogP contribution in [0.1, 0.15) is 30.3 Å². The monoisotopic (exact) mass is 364 g/mol. The van der Waals surface area contributed by atoms with Crippen LogP contribution in [0.5, 0.6) is 0 Å². The summed E-state index contributed by atoms with van der Waals surface area (Å²) in [6, 6.07) is 0. The van der Waals surface area contributed by atoms with E-state index in [1.807, 2.05) is 18.5 Å². The highest BCUT2D eigenvalue weighted by Crippen LogP contribution is 2.28. The van der Waals surface area contributed by atoms with E-state index in [0.717, 1.165) is 35.7 Å². The summed E-state index contributed by atoms with van der Waals surface area (Å²) >= 11 is 0. The Hall–Kier alpha value is -1.84. The molecule has 8 nitrogen and oxygen atoms in total. The second-order valence-corrected chi connectivity index (χ2v) is 8.71. The van der Waals surface area contributed by atoms with Crippen molar-refractivity contribution in [2.24, 2.45) is 7.05 Å². The third-order valence-corrected chi connectivity index (χ3v) is 6.63. The molecule has 1 aliphatic heterocycles. The molecule has 0 amide bonds. The zero-order chi connectivity index (χ0) is 18.2. The smallest absolute Gasteiger partial charge is 0.281 e. The van der Waals surface area contributed by atoms with Crippen molar-refractivity contribution in [2.75, 3.05) is 27.2 Å². The van der Waals surface area contributed by atoms with Gasteiger partial charge in [0.2, 0.25) is 0 Å². The van der Waals surface area contributed by atoms with Crippen molar-refractivity contribution in [1.82, 2.24) is 28.1 Å². The van der Waals surface area contributed by atoms with Crippen LogP contribution in [-0.2, 0) is 17.3 Å². The van der Waals surface area contributed by atoms with Crippen LogP contribution in [0, 0.1) is 6.92 Å². The summed E-state index contributed by atoms with van der Waals surface area (Å²) in [5.41, 5.74) is 2.49. The fraction of sp³-hybridized carbons (Fsp3) is 0.562. The van der Waals surface area contributed by atoms with Crippen molar-refractivity contribution in [1.29, 1.82) is 0 Å². The van der Waals surface area contributed by atoms with Crippen LogP contribution < -0.4 is 0 Å². The van der Waals surface area contributed by atoms with Gasteiger partial charge in [-0.25, -0.2) is 9.97 Å². The maximum absolute atomic E-state index is 12.4. The Balaban J connectivity index is 1.87. The molecule has 0 aliphatic carbocycles. The van der Waals surface area contributed by atoms with Crippen LogP contribution in [0.15, 0.2) is 18.6 Å². The number of nitrogens with zero attached hydrogens (tertiary/aromatic N) is 6. The molecule has 0 N–H and O–H groups in total. The van der Waals surface area contributed by atoms with Crippen molar-refractivity contribution < 1.29 is 8.42 Å². The van der Waals surface area contributed by atoms with Crippen LogP contribution in [0.3, 0.4) is 0 Å². The summed E-state index contributed by atoms with van der Waals surface area (Å²) < 4.78 is 29.6. The molecular weight excluding hydrogens is 340 g/mol. The topological polar surface area (TPSA) is 84.2 Å². The summed E-state index contributed by atoms with van der Waals surface area (Å²) in [5.74, 6) is 0.952. The van der Waals surface area contributed by atoms with Crippen LogP contribution in [0.2, 0.25) is 0 Å². The Morgan fingerprint density at radius 1 is 1.24 bits per heavy atom. The van der Waals surface area contributed by atoms with Gasteiger partial charge in [-0.05, 0) is 19.8 Å². The van der Waals surface area contributed by atoms with Gasteiger partial charge in [-0.3, -0.25) is 4.98 Å². The molecule has 2 aromatic rings. The first-order valence-electron chi connectivity index (χ1n) is 8.29. The molecule has 2 aromatic heterocycles. The maximum Gasteiger partial charge on any atom is 0.281 e. The Morgan fingerprint density at radius 3 is 2.64 bits per heavy atom. The van der Waals surface area contributed by atoms with Crippen molar-refractivity contribution in [2.45, 2.75) is 25.7 Å². The average molecular weight is 364 g/mol. The molecule has 1 aliphatic rings. The highest BCUT2D eigenvalue weighted by molar-refractivity contribution is 7.86. The quantitative estimate of drug-likeness (QED) is 0.813. The Labute approximate surface area is 148 Å². The summed E-state index contributed by atoms with van der Waals surface area (Å²) in [5, 5.41) is 0. The number of aromatic nitrogens is 4. The largest absolute Gasteiger partial charge is 0.330 e. The summed E-state index contributed by atoms with van der Waals surface area (Å²) in [6.45, 7) is 2.92. The third-order valence-electron chi connectivity index (χ3n) is 4.73. The normalized spacial score (nSPS) is 19.5. The Bertz CT molecular complexity index is 861. The zero-order valence-corrected chi connectivity index (χ0v) is 15.9. The molecule has 9 heteroatoms. The number of aryl methyl sites for hydroxylation is 1. The van der Waals surface area contributed by atoms with Gasteiger partial charge in [0, 0.05) is 46.3 Å². The van der Waals surface area contributed by atoms with E-state index in [2.05, 4.69) is 9.97 Å². The molecule has 1 atom stereocenters. The molecule has 0 saturated carbocycles. The van der Waals surface area contributed by atoms with Crippen LogP contribution in [0.4, 0.5) is 0 Å². The van der Waals surface area contributed by atoms with Gasteiger partial charge in [-0.2, -0.15) is 17.0 Å². The molecule has 0 aromatic carbocycles. The molecular formula is C16H24N6O2S. The molecule has 3 rings (SSSR count). The minimum Gasteiger partial charge on any atom is -0.330 e. The highest BCUT2D eigenvalue weighted by atomic mass is 32.2. The van der Waals surface area contributed by atoms with Crippen LogP contribution in [-0.4, -0.2) is 63.7 Å². The molecule has 0 radical (unpaired) electrons. The summed E-state index contributed by atoms with van der Waals surface area (Å²) in [7, 11) is 1.66. The number of hydrogen-bond donors (Lipinski definition) is 0. The van der Waals surface area contributed by atoms with Gasteiger partial charge in [-0.1, -0.05) is 0 Å².